The number of hydrogen-bond donors (Lipinski definition) is 1. The molecule has 0 atom stereocenters. The highest BCUT2D eigenvalue weighted by atomic mass is 32.1. The van der Waals surface area contributed by atoms with Gasteiger partial charge in [0, 0.05) is 6.20 Å². The van der Waals surface area contributed by atoms with Crippen LogP contribution in [0.4, 0.5) is 5.13 Å². The quantitative estimate of drug-likeness (QED) is 0.713. The third kappa shape index (κ3) is 1.58. The number of nitrogen functional groups attached to an aromatic ring is 1. The molecule has 0 aliphatic rings. The summed E-state index contributed by atoms with van der Waals surface area (Å²) in [5, 5.41) is 0.407. The van der Waals surface area contributed by atoms with Crippen LogP contribution < -0.4 is 5.73 Å². The van der Waals surface area contributed by atoms with Gasteiger partial charge in [-0.2, -0.15) is 0 Å². The van der Waals surface area contributed by atoms with Crippen LogP contribution in [0.1, 0.15) is 21.1 Å². The molecule has 0 radical (unpaired) electrons. The van der Waals surface area contributed by atoms with E-state index in [4.69, 9.17) is 5.73 Å². The SMILES string of the molecule is Cc1nc(N)sc1C(=O)c1cnc2ccccn12. The van der Waals surface area contributed by atoms with Gasteiger partial charge in [-0.05, 0) is 19.1 Å². The van der Waals surface area contributed by atoms with E-state index in [1.165, 1.54) is 11.3 Å². The number of carbonyl (C=O) groups excluding carboxylic acids is 1. The van der Waals surface area contributed by atoms with Crippen molar-refractivity contribution in [3.8, 4) is 0 Å². The normalized spacial score (nSPS) is 10.9. The molecule has 0 saturated heterocycles. The van der Waals surface area contributed by atoms with E-state index in [-0.39, 0.29) is 5.78 Å². The van der Waals surface area contributed by atoms with E-state index in [2.05, 4.69) is 9.97 Å². The first-order valence-electron chi connectivity index (χ1n) is 5.36. The second-order valence-electron chi connectivity index (χ2n) is 3.87. The zero-order valence-corrected chi connectivity index (χ0v) is 10.4. The fraction of sp³-hybridized carbons (Fsp3) is 0.0833. The monoisotopic (exact) mass is 258 g/mol. The molecule has 2 N–H and O–H groups in total. The Morgan fingerprint density at radius 3 is 3.00 bits per heavy atom. The summed E-state index contributed by atoms with van der Waals surface area (Å²) in [7, 11) is 0. The van der Waals surface area contributed by atoms with Gasteiger partial charge in [0.1, 0.15) is 16.2 Å². The molecule has 0 spiro atoms. The lowest BCUT2D eigenvalue weighted by Gasteiger charge is -1.99. The molecule has 0 amide bonds. The van der Waals surface area contributed by atoms with Crippen molar-refractivity contribution in [1.29, 1.82) is 0 Å². The number of anilines is 1. The van der Waals surface area contributed by atoms with E-state index in [1.54, 1.807) is 17.5 Å². The van der Waals surface area contributed by atoms with Crippen molar-refractivity contribution in [1.82, 2.24) is 14.4 Å². The Morgan fingerprint density at radius 2 is 2.28 bits per heavy atom. The van der Waals surface area contributed by atoms with Gasteiger partial charge in [0.2, 0.25) is 5.78 Å². The fourth-order valence-corrected chi connectivity index (χ4v) is 2.63. The molecule has 3 aromatic heterocycles. The first-order chi connectivity index (χ1) is 8.66. The number of ketones is 1. The van der Waals surface area contributed by atoms with Crippen molar-refractivity contribution in [2.45, 2.75) is 6.92 Å². The van der Waals surface area contributed by atoms with E-state index in [1.807, 2.05) is 24.4 Å². The molecule has 0 bridgehead atoms. The maximum absolute atomic E-state index is 12.4. The van der Waals surface area contributed by atoms with Crippen molar-refractivity contribution < 1.29 is 4.79 Å². The van der Waals surface area contributed by atoms with Crippen LogP contribution in [-0.2, 0) is 0 Å². The Hall–Kier alpha value is -2.21. The van der Waals surface area contributed by atoms with E-state index in [0.29, 0.717) is 21.4 Å². The summed E-state index contributed by atoms with van der Waals surface area (Å²) < 4.78 is 1.76. The Balaban J connectivity index is 2.15. The summed E-state index contributed by atoms with van der Waals surface area (Å²) in [5.41, 5.74) is 7.55. The van der Waals surface area contributed by atoms with E-state index >= 15 is 0 Å². The number of aromatic nitrogens is 3. The molecular weight excluding hydrogens is 248 g/mol. The predicted molar refractivity (Wildman–Crippen MR) is 69.9 cm³/mol. The minimum absolute atomic E-state index is 0.0969. The van der Waals surface area contributed by atoms with Crippen LogP contribution in [0, 0.1) is 6.92 Å². The highest BCUT2D eigenvalue weighted by Crippen LogP contribution is 2.23. The molecule has 90 valence electrons. The number of imidazole rings is 1. The second-order valence-corrected chi connectivity index (χ2v) is 4.90. The highest BCUT2D eigenvalue weighted by molar-refractivity contribution is 7.17. The van der Waals surface area contributed by atoms with Crippen molar-refractivity contribution in [2.75, 3.05) is 5.73 Å². The summed E-state index contributed by atoms with van der Waals surface area (Å²) in [6.07, 6.45) is 3.39. The van der Waals surface area contributed by atoms with E-state index in [0.717, 1.165) is 5.65 Å². The summed E-state index contributed by atoms with van der Waals surface area (Å²) in [6, 6.07) is 5.59. The van der Waals surface area contributed by atoms with Gasteiger partial charge in [-0.25, -0.2) is 9.97 Å². The molecule has 0 unspecified atom stereocenters. The van der Waals surface area contributed by atoms with Crippen molar-refractivity contribution in [3.05, 3.63) is 46.9 Å². The third-order valence-corrected chi connectivity index (χ3v) is 3.65. The topological polar surface area (TPSA) is 73.3 Å². The first-order valence-corrected chi connectivity index (χ1v) is 6.18. The summed E-state index contributed by atoms with van der Waals surface area (Å²) >= 11 is 1.21. The number of nitrogens with zero attached hydrogens (tertiary/aromatic N) is 3. The highest BCUT2D eigenvalue weighted by Gasteiger charge is 2.19. The van der Waals surface area contributed by atoms with Gasteiger partial charge in [-0.15, -0.1) is 0 Å². The van der Waals surface area contributed by atoms with E-state index < -0.39 is 0 Å². The number of hydrogen-bond acceptors (Lipinski definition) is 5. The number of carbonyl (C=O) groups is 1. The van der Waals surface area contributed by atoms with Crippen LogP contribution in [0.15, 0.2) is 30.6 Å². The number of fused-ring (bicyclic) bond motifs is 1. The molecule has 0 aliphatic heterocycles. The lowest BCUT2D eigenvalue weighted by Crippen LogP contribution is -2.04. The molecule has 3 rings (SSSR count). The van der Waals surface area contributed by atoms with Crippen molar-refractivity contribution in [2.24, 2.45) is 0 Å². The minimum atomic E-state index is -0.0969. The third-order valence-electron chi connectivity index (χ3n) is 2.67. The van der Waals surface area contributed by atoms with Gasteiger partial charge in [0.15, 0.2) is 5.13 Å². The van der Waals surface area contributed by atoms with Crippen LogP contribution in [0.3, 0.4) is 0 Å². The first kappa shape index (κ1) is 10.9. The van der Waals surface area contributed by atoms with Gasteiger partial charge in [0.25, 0.3) is 0 Å². The average molecular weight is 258 g/mol. The van der Waals surface area contributed by atoms with Gasteiger partial charge < -0.3 is 5.73 Å². The molecular formula is C12H10N4OS. The molecule has 18 heavy (non-hydrogen) atoms. The molecule has 5 nitrogen and oxygen atoms in total. The maximum Gasteiger partial charge on any atom is 0.223 e. The Kier molecular flexibility index (Phi) is 2.38. The number of rotatable bonds is 2. The standard InChI is InChI=1S/C12H10N4OS/c1-7-11(18-12(13)15-7)10(17)8-6-14-9-4-2-3-5-16(8)9/h2-6H,1H3,(H2,13,15). The molecule has 6 heteroatoms. The molecule has 0 saturated carbocycles. The van der Waals surface area contributed by atoms with Gasteiger partial charge >= 0.3 is 0 Å². The number of pyridine rings is 1. The van der Waals surface area contributed by atoms with E-state index in [9.17, 15) is 4.79 Å². The molecule has 0 aromatic carbocycles. The molecule has 3 aromatic rings. The van der Waals surface area contributed by atoms with Gasteiger partial charge in [0.05, 0.1) is 11.9 Å². The lowest BCUT2D eigenvalue weighted by molar-refractivity contribution is 0.103. The molecule has 0 aliphatic carbocycles. The zero-order chi connectivity index (χ0) is 12.7. The number of thiazole rings is 1. The Labute approximate surface area is 107 Å². The Morgan fingerprint density at radius 1 is 1.44 bits per heavy atom. The average Bonchev–Trinajstić information content (AvgIpc) is 2.92. The van der Waals surface area contributed by atoms with Crippen LogP contribution in [-0.4, -0.2) is 20.2 Å². The zero-order valence-electron chi connectivity index (χ0n) is 9.62. The molecule has 0 fully saturated rings. The van der Waals surface area contributed by atoms with Crippen LogP contribution in [0.2, 0.25) is 0 Å². The van der Waals surface area contributed by atoms with Gasteiger partial charge in [-0.3, -0.25) is 9.20 Å². The van der Waals surface area contributed by atoms with Crippen LogP contribution in [0.5, 0.6) is 0 Å². The number of aryl methyl sites for hydroxylation is 1. The van der Waals surface area contributed by atoms with Gasteiger partial charge in [-0.1, -0.05) is 17.4 Å². The minimum Gasteiger partial charge on any atom is -0.375 e. The van der Waals surface area contributed by atoms with Crippen molar-refractivity contribution in [3.63, 3.8) is 0 Å². The van der Waals surface area contributed by atoms with Crippen LogP contribution in [0.25, 0.3) is 5.65 Å². The number of nitrogens with two attached hydrogens (primary N) is 1. The van der Waals surface area contributed by atoms with Crippen molar-refractivity contribution >= 4 is 27.9 Å². The summed E-state index contributed by atoms with van der Waals surface area (Å²) in [5.74, 6) is -0.0969. The smallest absolute Gasteiger partial charge is 0.223 e. The fourth-order valence-electron chi connectivity index (χ4n) is 1.84. The summed E-state index contributed by atoms with van der Waals surface area (Å²) in [4.78, 5) is 21.2. The summed E-state index contributed by atoms with van der Waals surface area (Å²) in [6.45, 7) is 1.78. The molecule has 3 heterocycles. The second kappa shape index (κ2) is 3.92. The lowest BCUT2D eigenvalue weighted by atomic mass is 10.2. The largest absolute Gasteiger partial charge is 0.375 e. The van der Waals surface area contributed by atoms with Crippen LogP contribution >= 0.6 is 11.3 Å². The maximum atomic E-state index is 12.4. The predicted octanol–water partition coefficient (Wildman–Crippen LogP) is 1.91. The Bertz CT molecular complexity index is 743.